The Balaban J connectivity index is 5.25. The second-order valence-electron chi connectivity index (χ2n) is 7.54. The number of carboxylic acids is 2. The molecule has 0 radical (unpaired) electrons. The lowest BCUT2D eigenvalue weighted by atomic mass is 10.0. The van der Waals surface area contributed by atoms with Gasteiger partial charge in [-0.3, -0.25) is 24.0 Å². The van der Waals surface area contributed by atoms with Crippen molar-refractivity contribution in [2.24, 2.45) is 17.4 Å². The van der Waals surface area contributed by atoms with Crippen LogP contribution in [0.4, 0.5) is 0 Å². The van der Waals surface area contributed by atoms with Crippen LogP contribution in [-0.4, -0.2) is 81.7 Å². The molecule has 182 valence electrons. The van der Waals surface area contributed by atoms with E-state index in [4.69, 9.17) is 21.7 Å². The van der Waals surface area contributed by atoms with Gasteiger partial charge in [-0.05, 0) is 18.8 Å². The first kappa shape index (κ1) is 28.7. The summed E-state index contributed by atoms with van der Waals surface area (Å²) < 4.78 is 0. The summed E-state index contributed by atoms with van der Waals surface area (Å²) in [4.78, 5) is 70.1. The Bertz CT molecular complexity index is 713. The lowest BCUT2D eigenvalue weighted by Crippen LogP contribution is -2.58. The Morgan fingerprint density at radius 1 is 0.844 bits per heavy atom. The zero-order valence-corrected chi connectivity index (χ0v) is 17.9. The van der Waals surface area contributed by atoms with E-state index in [2.05, 4.69) is 10.6 Å². The molecule has 0 aliphatic rings. The third-order valence-electron chi connectivity index (χ3n) is 4.18. The van der Waals surface area contributed by atoms with Crippen LogP contribution in [0.15, 0.2) is 0 Å². The van der Waals surface area contributed by atoms with E-state index in [9.17, 15) is 33.9 Å². The van der Waals surface area contributed by atoms with Gasteiger partial charge < -0.3 is 42.7 Å². The Hall–Kier alpha value is -3.26. The topological polar surface area (TPSA) is 251 Å². The van der Waals surface area contributed by atoms with Crippen LogP contribution in [0.5, 0.6) is 0 Å². The minimum absolute atomic E-state index is 0.0571. The zero-order chi connectivity index (χ0) is 25.0. The minimum atomic E-state index is -1.66. The summed E-state index contributed by atoms with van der Waals surface area (Å²) in [5, 5.41) is 33.9. The molecule has 32 heavy (non-hydrogen) atoms. The molecule has 0 spiro atoms. The molecule has 14 nitrogen and oxygen atoms in total. The molecule has 0 saturated carbocycles. The first-order valence-corrected chi connectivity index (χ1v) is 9.78. The van der Waals surface area contributed by atoms with Gasteiger partial charge in [0.15, 0.2) is 0 Å². The third-order valence-corrected chi connectivity index (χ3v) is 4.18. The van der Waals surface area contributed by atoms with E-state index >= 15 is 0 Å². The number of hydrogen-bond donors (Lipinski definition) is 8. The van der Waals surface area contributed by atoms with E-state index in [1.165, 1.54) is 0 Å². The van der Waals surface area contributed by atoms with E-state index in [1.807, 2.05) is 19.2 Å². The van der Waals surface area contributed by atoms with Gasteiger partial charge in [0.2, 0.25) is 23.6 Å². The van der Waals surface area contributed by atoms with Gasteiger partial charge in [-0.25, -0.2) is 4.79 Å². The standard InChI is InChI=1S/C18H31N5O9/c1-8(2)5-9(19)15(28)22-11(6-14(26)27)16(29)23-12(7-24)17(30)21-10(18(31)32)3-4-13(20)25/h8-12,24H,3-7,19H2,1-2H3,(H2,20,25)(H,21,30)(H,22,28)(H,23,29)(H,26,27)(H,31,32). The van der Waals surface area contributed by atoms with Crippen molar-refractivity contribution in [3.8, 4) is 0 Å². The second kappa shape index (κ2) is 13.9. The monoisotopic (exact) mass is 461 g/mol. The van der Waals surface area contributed by atoms with E-state index in [0.717, 1.165) is 0 Å². The average molecular weight is 461 g/mol. The first-order valence-electron chi connectivity index (χ1n) is 9.78. The van der Waals surface area contributed by atoms with Crippen molar-refractivity contribution in [2.45, 2.75) is 63.7 Å². The summed E-state index contributed by atoms with van der Waals surface area (Å²) >= 11 is 0. The summed E-state index contributed by atoms with van der Waals surface area (Å²) in [6.45, 7) is 2.67. The van der Waals surface area contributed by atoms with Gasteiger partial charge >= 0.3 is 11.9 Å². The smallest absolute Gasteiger partial charge is 0.326 e. The first-order chi connectivity index (χ1) is 14.8. The molecule has 10 N–H and O–H groups in total. The van der Waals surface area contributed by atoms with Crippen LogP contribution in [-0.2, 0) is 28.8 Å². The highest BCUT2D eigenvalue weighted by atomic mass is 16.4. The summed E-state index contributed by atoms with van der Waals surface area (Å²) in [7, 11) is 0. The van der Waals surface area contributed by atoms with Crippen molar-refractivity contribution >= 4 is 35.6 Å². The summed E-state index contributed by atoms with van der Waals surface area (Å²) in [5.74, 6) is -6.61. The molecule has 14 heteroatoms. The van der Waals surface area contributed by atoms with Crippen LogP contribution in [0.2, 0.25) is 0 Å². The highest BCUT2D eigenvalue weighted by molar-refractivity contribution is 5.95. The number of hydrogen-bond acceptors (Lipinski definition) is 8. The van der Waals surface area contributed by atoms with Crippen LogP contribution in [0.3, 0.4) is 0 Å². The molecule has 0 rings (SSSR count). The van der Waals surface area contributed by atoms with Gasteiger partial charge in [-0.2, -0.15) is 0 Å². The largest absolute Gasteiger partial charge is 0.481 e. The molecular weight excluding hydrogens is 430 g/mol. The van der Waals surface area contributed by atoms with Crippen LogP contribution >= 0.6 is 0 Å². The summed E-state index contributed by atoms with van der Waals surface area (Å²) in [6.07, 6.45) is -1.22. The number of amides is 4. The fraction of sp³-hybridized carbons (Fsp3) is 0.667. The van der Waals surface area contributed by atoms with Gasteiger partial charge in [-0.15, -0.1) is 0 Å². The Kier molecular flexibility index (Phi) is 12.5. The van der Waals surface area contributed by atoms with E-state index in [1.54, 1.807) is 0 Å². The predicted molar refractivity (Wildman–Crippen MR) is 109 cm³/mol. The van der Waals surface area contributed by atoms with Crippen molar-refractivity contribution in [3.05, 3.63) is 0 Å². The molecule has 4 amide bonds. The van der Waals surface area contributed by atoms with Crippen LogP contribution in [0.1, 0.15) is 39.5 Å². The summed E-state index contributed by atoms with van der Waals surface area (Å²) in [5.41, 5.74) is 10.7. The maximum Gasteiger partial charge on any atom is 0.326 e. The average Bonchev–Trinajstić information content (AvgIpc) is 2.66. The Morgan fingerprint density at radius 2 is 1.34 bits per heavy atom. The number of aliphatic hydroxyl groups excluding tert-OH is 1. The second-order valence-corrected chi connectivity index (χ2v) is 7.54. The molecule has 0 aliphatic heterocycles. The fourth-order valence-corrected chi connectivity index (χ4v) is 2.56. The minimum Gasteiger partial charge on any atom is -0.481 e. The molecule has 0 aromatic rings. The molecule has 0 aromatic carbocycles. The number of carbonyl (C=O) groups excluding carboxylic acids is 4. The number of primary amides is 1. The van der Waals surface area contributed by atoms with E-state index in [0.29, 0.717) is 0 Å². The van der Waals surface area contributed by atoms with E-state index < -0.39 is 72.8 Å². The number of aliphatic hydroxyl groups is 1. The summed E-state index contributed by atoms with van der Waals surface area (Å²) in [6, 6.07) is -5.79. The zero-order valence-electron chi connectivity index (χ0n) is 17.9. The molecule has 0 bridgehead atoms. The van der Waals surface area contributed by atoms with Gasteiger partial charge in [0.05, 0.1) is 19.1 Å². The van der Waals surface area contributed by atoms with Crippen molar-refractivity contribution in [1.29, 1.82) is 0 Å². The highest BCUT2D eigenvalue weighted by Crippen LogP contribution is 2.04. The number of carbonyl (C=O) groups is 6. The predicted octanol–water partition coefficient (Wildman–Crippen LogP) is -3.37. The van der Waals surface area contributed by atoms with Crippen molar-refractivity contribution in [1.82, 2.24) is 16.0 Å². The van der Waals surface area contributed by atoms with E-state index in [-0.39, 0.29) is 25.2 Å². The fourth-order valence-electron chi connectivity index (χ4n) is 2.56. The quantitative estimate of drug-likeness (QED) is 0.120. The van der Waals surface area contributed by atoms with Crippen LogP contribution in [0.25, 0.3) is 0 Å². The molecule has 4 unspecified atom stereocenters. The van der Waals surface area contributed by atoms with Gasteiger partial charge in [0.25, 0.3) is 0 Å². The lowest BCUT2D eigenvalue weighted by molar-refractivity contribution is -0.143. The Morgan fingerprint density at radius 3 is 1.78 bits per heavy atom. The maximum atomic E-state index is 12.5. The molecule has 0 aliphatic carbocycles. The molecule has 0 fully saturated rings. The number of nitrogens with one attached hydrogen (secondary N) is 3. The van der Waals surface area contributed by atoms with Crippen LogP contribution < -0.4 is 27.4 Å². The van der Waals surface area contributed by atoms with Crippen molar-refractivity contribution < 1.29 is 44.1 Å². The molecule has 0 saturated heterocycles. The molecule has 4 atom stereocenters. The number of nitrogens with two attached hydrogens (primary N) is 2. The van der Waals surface area contributed by atoms with Crippen LogP contribution in [0, 0.1) is 5.92 Å². The molecule has 0 aromatic heterocycles. The maximum absolute atomic E-state index is 12.5. The third kappa shape index (κ3) is 11.2. The van der Waals surface area contributed by atoms with Gasteiger partial charge in [-0.1, -0.05) is 13.8 Å². The van der Waals surface area contributed by atoms with Crippen molar-refractivity contribution in [3.63, 3.8) is 0 Å². The van der Waals surface area contributed by atoms with Gasteiger partial charge in [0, 0.05) is 6.42 Å². The molecular formula is C18H31N5O9. The number of rotatable bonds is 15. The normalized spacial score (nSPS) is 14.5. The number of carboxylic acid groups (broad SMARTS) is 2. The SMILES string of the molecule is CC(C)CC(N)C(=O)NC(CC(=O)O)C(=O)NC(CO)C(=O)NC(CCC(N)=O)C(=O)O. The Labute approximate surface area is 184 Å². The lowest BCUT2D eigenvalue weighted by Gasteiger charge is -2.24. The molecule has 0 heterocycles. The highest BCUT2D eigenvalue weighted by Gasteiger charge is 2.31. The number of aliphatic carboxylic acids is 2. The van der Waals surface area contributed by atoms with Gasteiger partial charge in [0.1, 0.15) is 18.1 Å². The van der Waals surface area contributed by atoms with Crippen molar-refractivity contribution in [2.75, 3.05) is 6.61 Å².